The second-order valence-corrected chi connectivity index (χ2v) is 8.20. The lowest BCUT2D eigenvalue weighted by atomic mass is 9.60. The van der Waals surface area contributed by atoms with Crippen molar-refractivity contribution in [2.24, 2.45) is 5.41 Å². The summed E-state index contributed by atoms with van der Waals surface area (Å²) in [5, 5.41) is 40.0. The minimum atomic E-state index is -2.85. The van der Waals surface area contributed by atoms with Crippen LogP contribution in [-0.2, 0) is 14.4 Å². The van der Waals surface area contributed by atoms with Crippen LogP contribution >= 0.6 is 0 Å². The van der Waals surface area contributed by atoms with Crippen LogP contribution in [-0.4, -0.2) is 44.3 Å². The summed E-state index contributed by atoms with van der Waals surface area (Å²) >= 11 is 0. The average Bonchev–Trinajstić information content (AvgIpc) is 2.88. The third kappa shape index (κ3) is 3.84. The van der Waals surface area contributed by atoms with Crippen LogP contribution in [0.4, 0.5) is 0 Å². The summed E-state index contributed by atoms with van der Waals surface area (Å²) in [7, 11) is 0. The summed E-state index contributed by atoms with van der Waals surface area (Å²) in [5.41, 5.74) is -1.72. The molecular weight excluding hydrogens is 464 g/mol. The molecule has 1 unspecified atom stereocenters. The fraction of sp³-hybridized carbons (Fsp3) is 0.0714. The van der Waals surface area contributed by atoms with E-state index in [9.17, 15) is 39.6 Å². The van der Waals surface area contributed by atoms with Crippen molar-refractivity contribution in [3.63, 3.8) is 0 Å². The van der Waals surface area contributed by atoms with Crippen LogP contribution in [0.1, 0.15) is 27.4 Å². The number of allylic oxidation sites excluding steroid dienone is 3. The van der Waals surface area contributed by atoms with Crippen molar-refractivity contribution in [1.29, 1.82) is 0 Å². The smallest absolute Gasteiger partial charge is 0.335 e. The molecule has 0 saturated heterocycles. The molecule has 1 atom stereocenters. The second-order valence-electron chi connectivity index (χ2n) is 8.20. The summed E-state index contributed by atoms with van der Waals surface area (Å²) in [4.78, 5) is 49.2. The zero-order chi connectivity index (χ0) is 26.0. The highest BCUT2D eigenvalue weighted by atomic mass is 16.4. The third-order valence-electron chi connectivity index (χ3n) is 6.30. The van der Waals surface area contributed by atoms with E-state index in [1.54, 1.807) is 48.5 Å². The molecule has 0 radical (unpaired) electrons. The summed E-state index contributed by atoms with van der Waals surface area (Å²) in [5.74, 6) is -7.93. The van der Waals surface area contributed by atoms with E-state index in [-0.39, 0.29) is 16.7 Å². The van der Waals surface area contributed by atoms with Gasteiger partial charge in [0.25, 0.3) is 0 Å². The molecule has 36 heavy (non-hydrogen) atoms. The van der Waals surface area contributed by atoms with E-state index in [2.05, 4.69) is 0 Å². The quantitative estimate of drug-likeness (QED) is 0.361. The van der Waals surface area contributed by atoms with Crippen molar-refractivity contribution < 1.29 is 39.6 Å². The van der Waals surface area contributed by atoms with Crippen molar-refractivity contribution in [1.82, 2.24) is 0 Å². The molecule has 1 aliphatic rings. The van der Waals surface area contributed by atoms with E-state index >= 15 is 0 Å². The van der Waals surface area contributed by atoms with E-state index in [1.165, 1.54) is 36.4 Å². The van der Waals surface area contributed by atoms with Gasteiger partial charge in [0.05, 0.1) is 11.1 Å². The van der Waals surface area contributed by atoms with E-state index in [0.29, 0.717) is 16.7 Å². The number of carboxylic acids is 4. The minimum absolute atomic E-state index is 0.0187. The fourth-order valence-electron chi connectivity index (χ4n) is 4.70. The highest BCUT2D eigenvalue weighted by Gasteiger charge is 2.61. The molecule has 0 bridgehead atoms. The molecule has 8 nitrogen and oxygen atoms in total. The molecule has 0 heterocycles. The van der Waals surface area contributed by atoms with Gasteiger partial charge in [0.15, 0.2) is 0 Å². The van der Waals surface area contributed by atoms with Gasteiger partial charge in [-0.3, -0.25) is 9.59 Å². The Morgan fingerprint density at radius 1 is 0.639 bits per heavy atom. The van der Waals surface area contributed by atoms with Crippen LogP contribution < -0.4 is 0 Å². The van der Waals surface area contributed by atoms with Gasteiger partial charge < -0.3 is 20.4 Å². The predicted octanol–water partition coefficient (Wildman–Crippen LogP) is 4.40. The topological polar surface area (TPSA) is 149 Å². The summed E-state index contributed by atoms with van der Waals surface area (Å²) in [6, 6.07) is 21.0. The standard InChI is InChI=1S/C28H20O8/c29-24(30)18-11-12-19(21(15-18)16-7-3-1-4-8-16)20-13-14-22(25(31)32)28(26(33)34,27(35)36)23(20)17-9-5-2-6-10-17/h1-15,23H,(H,29,30)(H,31,32)(H,33,34)(H,35,36). The molecule has 4 N–H and O–H groups in total. The lowest BCUT2D eigenvalue weighted by Crippen LogP contribution is -2.49. The van der Waals surface area contributed by atoms with Crippen LogP contribution in [0.15, 0.2) is 96.6 Å². The van der Waals surface area contributed by atoms with Crippen molar-refractivity contribution in [3.05, 3.63) is 113 Å². The number of hydrogen-bond donors (Lipinski definition) is 4. The zero-order valence-electron chi connectivity index (χ0n) is 18.7. The van der Waals surface area contributed by atoms with E-state index < -0.39 is 40.8 Å². The molecule has 0 saturated carbocycles. The van der Waals surface area contributed by atoms with E-state index in [4.69, 9.17) is 0 Å². The second kappa shape index (κ2) is 9.34. The Bertz CT molecular complexity index is 1420. The van der Waals surface area contributed by atoms with Gasteiger partial charge in [0.1, 0.15) is 0 Å². The number of aliphatic carboxylic acids is 3. The minimum Gasteiger partial charge on any atom is -0.480 e. The highest BCUT2D eigenvalue weighted by Crippen LogP contribution is 2.54. The van der Waals surface area contributed by atoms with Crippen molar-refractivity contribution >= 4 is 29.5 Å². The molecule has 0 aliphatic heterocycles. The number of rotatable bonds is 7. The molecule has 3 aromatic carbocycles. The average molecular weight is 484 g/mol. The molecule has 0 aromatic heterocycles. The van der Waals surface area contributed by atoms with Crippen molar-refractivity contribution in [2.45, 2.75) is 5.92 Å². The van der Waals surface area contributed by atoms with Gasteiger partial charge in [0, 0.05) is 5.92 Å². The monoisotopic (exact) mass is 484 g/mol. The molecule has 0 amide bonds. The number of aromatic carboxylic acids is 1. The Balaban J connectivity index is 2.11. The number of carboxylic acid groups (broad SMARTS) is 4. The van der Waals surface area contributed by atoms with Gasteiger partial charge >= 0.3 is 23.9 Å². The van der Waals surface area contributed by atoms with Crippen LogP contribution in [0.25, 0.3) is 16.7 Å². The van der Waals surface area contributed by atoms with Gasteiger partial charge in [-0.25, -0.2) is 9.59 Å². The molecule has 0 spiro atoms. The third-order valence-corrected chi connectivity index (χ3v) is 6.30. The Morgan fingerprint density at radius 3 is 1.75 bits per heavy atom. The maximum atomic E-state index is 12.7. The first-order valence-corrected chi connectivity index (χ1v) is 10.8. The van der Waals surface area contributed by atoms with Gasteiger partial charge in [-0.15, -0.1) is 0 Å². The Labute approximate surface area is 205 Å². The highest BCUT2D eigenvalue weighted by molar-refractivity contribution is 6.14. The maximum absolute atomic E-state index is 12.7. The SMILES string of the molecule is O=C(O)C1=CC=C(c2ccc(C(=O)O)cc2-c2ccccc2)C(c2ccccc2)C1(C(=O)O)C(=O)O. The first kappa shape index (κ1) is 24.2. The number of carbonyl (C=O) groups is 4. The Kier molecular flexibility index (Phi) is 6.27. The number of benzene rings is 3. The molecule has 3 aromatic rings. The van der Waals surface area contributed by atoms with E-state index in [0.717, 1.165) is 6.08 Å². The largest absolute Gasteiger partial charge is 0.480 e. The molecule has 0 fully saturated rings. The molecule has 4 rings (SSSR count). The van der Waals surface area contributed by atoms with Crippen molar-refractivity contribution in [2.75, 3.05) is 0 Å². The Hall–Kier alpha value is -4.98. The lowest BCUT2D eigenvalue weighted by Gasteiger charge is -2.38. The van der Waals surface area contributed by atoms with Gasteiger partial charge in [-0.1, -0.05) is 72.8 Å². The van der Waals surface area contributed by atoms with Crippen molar-refractivity contribution in [3.8, 4) is 11.1 Å². The van der Waals surface area contributed by atoms with E-state index in [1.807, 2.05) is 0 Å². The summed E-state index contributed by atoms with van der Waals surface area (Å²) in [6.07, 6.45) is 2.40. The summed E-state index contributed by atoms with van der Waals surface area (Å²) < 4.78 is 0. The summed E-state index contributed by atoms with van der Waals surface area (Å²) in [6.45, 7) is 0. The zero-order valence-corrected chi connectivity index (χ0v) is 18.7. The lowest BCUT2D eigenvalue weighted by molar-refractivity contribution is -0.164. The predicted molar refractivity (Wildman–Crippen MR) is 129 cm³/mol. The molecule has 180 valence electrons. The fourth-order valence-corrected chi connectivity index (χ4v) is 4.70. The normalized spacial score (nSPS) is 16.4. The van der Waals surface area contributed by atoms with Gasteiger partial charge in [-0.05, 0) is 46.0 Å². The number of hydrogen-bond acceptors (Lipinski definition) is 4. The van der Waals surface area contributed by atoms with Gasteiger partial charge in [-0.2, -0.15) is 0 Å². The maximum Gasteiger partial charge on any atom is 0.335 e. The first-order chi connectivity index (χ1) is 17.2. The molecule has 8 heteroatoms. The van der Waals surface area contributed by atoms with Crippen LogP contribution in [0.2, 0.25) is 0 Å². The Morgan fingerprint density at radius 2 is 1.22 bits per heavy atom. The molecule has 1 aliphatic carbocycles. The molecular formula is C28H20O8. The first-order valence-electron chi connectivity index (χ1n) is 10.8. The van der Waals surface area contributed by atoms with Crippen LogP contribution in [0.3, 0.4) is 0 Å². The van der Waals surface area contributed by atoms with Gasteiger partial charge in [0.2, 0.25) is 5.41 Å². The van der Waals surface area contributed by atoms with Crippen LogP contribution in [0.5, 0.6) is 0 Å². The van der Waals surface area contributed by atoms with Crippen LogP contribution in [0, 0.1) is 5.41 Å².